The number of rotatable bonds is 15. The number of fused-ring (bicyclic) bond motifs is 5. The maximum Gasteiger partial charge on any atom is 0.261 e. The number of carbonyl (C=O) groups excluding carboxylic acids is 1. The average Bonchev–Trinajstić information content (AvgIpc) is 4.31. The number of aromatic nitrogens is 8. The Morgan fingerprint density at radius 1 is 0.747 bits per heavy atom. The van der Waals surface area contributed by atoms with Gasteiger partial charge in [-0.1, -0.05) is 13.8 Å². The van der Waals surface area contributed by atoms with E-state index < -0.39 is 11.0 Å². The Labute approximate surface area is 459 Å². The molecule has 0 unspecified atom stereocenters. The van der Waals surface area contributed by atoms with Gasteiger partial charge in [0, 0.05) is 97.4 Å². The minimum absolute atomic E-state index is 0. The fourth-order valence-corrected chi connectivity index (χ4v) is 11.6. The van der Waals surface area contributed by atoms with Gasteiger partial charge < -0.3 is 48.3 Å². The lowest BCUT2D eigenvalue weighted by atomic mass is 9.74. The van der Waals surface area contributed by atoms with Crippen molar-refractivity contribution in [1.82, 2.24) is 38.7 Å². The van der Waals surface area contributed by atoms with Crippen LogP contribution in [0.1, 0.15) is 83.0 Å². The van der Waals surface area contributed by atoms with Crippen LogP contribution in [0.25, 0.3) is 27.5 Å². The summed E-state index contributed by atoms with van der Waals surface area (Å²) in [6.45, 7) is 15.4. The summed E-state index contributed by atoms with van der Waals surface area (Å²) in [5.74, 6) is 2.39. The van der Waals surface area contributed by atoms with E-state index in [0.29, 0.717) is 111 Å². The standard InChI is InChI=1S/C30H35N5O5.C26H30N6O5.C2H6.H2/c1-29(2)25-24(33-28(29)37)10-18(14-31-25)6-7-35-26(36)22-5-4-20(34-8-9-39-21(15-34)17-38-3)11-23(22)32-27(35)30-12-19(13-30)16-40-30;1-34-16-19-15-30(8-10-36-19)18-3-4-20-21(11-18)28-25(22-6-9-37-22)31(26(20)33)7-5-17-13-27-23-12-24(35-2)29-32(23)14-17;1-2;/h4-5,10-11,14,19,21H,6-9,12-13,15-17H2,1-3H3,(H,33,37);3-4,11-14,19,22H,5-10,15-16H2,1-2H3;1-2H3;1H/t19?,21-,30?;19-,22-;;/m11../s1. The molecule has 6 fully saturated rings. The maximum absolute atomic E-state index is 14.0. The van der Waals surface area contributed by atoms with Crippen LogP contribution in [-0.4, -0.2) is 144 Å². The molecule has 2 bridgehead atoms. The minimum atomic E-state index is -0.648. The molecule has 1 aliphatic carbocycles. The second-order valence-corrected chi connectivity index (χ2v) is 21.5. The van der Waals surface area contributed by atoms with Crippen LogP contribution in [0.2, 0.25) is 0 Å². The quantitative estimate of drug-likeness (QED) is 0.124. The van der Waals surface area contributed by atoms with Gasteiger partial charge in [-0.25, -0.2) is 19.5 Å². The van der Waals surface area contributed by atoms with E-state index in [1.54, 1.807) is 42.7 Å². The molecule has 14 rings (SSSR count). The maximum atomic E-state index is 14.0. The van der Waals surface area contributed by atoms with Crippen LogP contribution in [0.4, 0.5) is 17.1 Å². The molecule has 21 nitrogen and oxygen atoms in total. The Balaban J connectivity index is 0.000000173. The predicted octanol–water partition coefficient (Wildman–Crippen LogP) is 6.03. The van der Waals surface area contributed by atoms with Crippen molar-refractivity contribution in [1.29, 1.82) is 0 Å². The number of methoxy groups -OCH3 is 3. The van der Waals surface area contributed by atoms with E-state index in [2.05, 4.69) is 30.2 Å². The summed E-state index contributed by atoms with van der Waals surface area (Å²) in [5.41, 5.74) is 6.31. The molecule has 420 valence electrons. The topological polar surface area (TPSA) is 213 Å². The second kappa shape index (κ2) is 22.7. The molecule has 1 amide bonds. The van der Waals surface area contributed by atoms with Crippen LogP contribution in [-0.2, 0) is 70.2 Å². The molecule has 11 heterocycles. The normalized spacial score (nSPS) is 22.8. The smallest absolute Gasteiger partial charge is 0.261 e. The summed E-state index contributed by atoms with van der Waals surface area (Å²) >= 11 is 0. The van der Waals surface area contributed by atoms with Crippen molar-refractivity contribution in [2.24, 2.45) is 5.92 Å². The first-order valence-corrected chi connectivity index (χ1v) is 27.7. The third-order valence-corrected chi connectivity index (χ3v) is 16.0. The summed E-state index contributed by atoms with van der Waals surface area (Å²) in [7, 11) is 4.94. The lowest BCUT2D eigenvalue weighted by Crippen LogP contribution is -2.44. The molecule has 1 N–H and O–H groups in total. The Kier molecular flexibility index (Phi) is 15.5. The summed E-state index contributed by atoms with van der Waals surface area (Å²) in [5, 5.41) is 8.49. The largest absolute Gasteiger partial charge is 0.480 e. The van der Waals surface area contributed by atoms with Gasteiger partial charge in [0.2, 0.25) is 11.8 Å². The number of hydrogen-bond donors (Lipinski definition) is 1. The van der Waals surface area contributed by atoms with E-state index in [1.807, 2.05) is 87.1 Å². The van der Waals surface area contributed by atoms with Crippen molar-refractivity contribution >= 4 is 50.4 Å². The van der Waals surface area contributed by atoms with Gasteiger partial charge in [-0.15, -0.1) is 5.10 Å². The van der Waals surface area contributed by atoms with Crippen LogP contribution in [0.5, 0.6) is 5.88 Å². The number of aryl methyl sites for hydroxylation is 2. The van der Waals surface area contributed by atoms with Gasteiger partial charge in [0.1, 0.15) is 23.4 Å². The third-order valence-electron chi connectivity index (χ3n) is 16.0. The summed E-state index contributed by atoms with van der Waals surface area (Å²) < 4.78 is 44.7. The summed E-state index contributed by atoms with van der Waals surface area (Å²) in [6, 6.07) is 15.5. The van der Waals surface area contributed by atoms with Gasteiger partial charge in [0.25, 0.3) is 11.1 Å². The van der Waals surface area contributed by atoms with E-state index in [0.717, 1.165) is 85.1 Å². The van der Waals surface area contributed by atoms with Crippen LogP contribution in [0.15, 0.2) is 76.7 Å². The molecular weight excluding hydrogens is 1010 g/mol. The molecule has 79 heavy (non-hydrogen) atoms. The van der Waals surface area contributed by atoms with Crippen molar-refractivity contribution in [2.75, 3.05) is 102 Å². The number of ether oxygens (including phenoxy) is 7. The highest BCUT2D eigenvalue weighted by Gasteiger charge is 2.56. The van der Waals surface area contributed by atoms with E-state index in [1.165, 1.54) is 0 Å². The number of nitrogens with one attached hydrogen (secondary N) is 1. The summed E-state index contributed by atoms with van der Waals surface area (Å²) in [4.78, 5) is 63.7. The third kappa shape index (κ3) is 10.6. The Morgan fingerprint density at radius 3 is 1.97 bits per heavy atom. The highest BCUT2D eigenvalue weighted by molar-refractivity contribution is 6.05. The summed E-state index contributed by atoms with van der Waals surface area (Å²) in [6.07, 6.45) is 9.22. The van der Waals surface area contributed by atoms with Crippen LogP contribution >= 0.6 is 0 Å². The molecule has 21 heteroatoms. The SMILES string of the molecule is CC.COC[C@H]1CN(c2ccc3c(=O)n(CCc4cnc5c(c4)NC(=O)C5(C)C)c(C45CC(CO4)C5)nc3c2)CCO1.COC[C@H]1CN(c2ccc3c(=O)n(CCc4cnc5cc(OC)nn5c4)c([C@H]4CCO4)nc3c2)CCO1.[HH]. The number of anilines is 3. The van der Waals surface area contributed by atoms with Gasteiger partial charge in [-0.2, -0.15) is 0 Å². The Bertz CT molecular complexity index is 3500. The van der Waals surface area contributed by atoms with Crippen molar-refractivity contribution in [3.8, 4) is 5.88 Å². The van der Waals surface area contributed by atoms with Gasteiger partial charge in [-0.05, 0) is 99.0 Å². The highest BCUT2D eigenvalue weighted by atomic mass is 16.5. The highest BCUT2D eigenvalue weighted by Crippen LogP contribution is 2.54. The molecule has 7 aliphatic rings. The molecule has 5 saturated heterocycles. The van der Waals surface area contributed by atoms with E-state index in [9.17, 15) is 14.4 Å². The van der Waals surface area contributed by atoms with Gasteiger partial charge in [-0.3, -0.25) is 28.5 Å². The van der Waals surface area contributed by atoms with Crippen molar-refractivity contribution < 1.29 is 39.4 Å². The molecular formula is C58H73N11O10. The monoisotopic (exact) mass is 1080 g/mol. The number of morpholine rings is 2. The first-order chi connectivity index (χ1) is 38.4. The number of benzene rings is 2. The number of amides is 1. The van der Waals surface area contributed by atoms with Crippen LogP contribution < -0.4 is 31.0 Å². The Hall–Kier alpha value is -6.88. The average molecular weight is 1080 g/mol. The van der Waals surface area contributed by atoms with E-state index >= 15 is 0 Å². The number of pyridine rings is 1. The zero-order valence-corrected chi connectivity index (χ0v) is 46.2. The minimum Gasteiger partial charge on any atom is -0.480 e. The fraction of sp³-hybridized carbons (Fsp3) is 0.517. The fourth-order valence-electron chi connectivity index (χ4n) is 11.6. The number of nitrogens with zero attached hydrogens (tertiary/aromatic N) is 10. The lowest BCUT2D eigenvalue weighted by molar-refractivity contribution is -0.119. The molecule has 0 radical (unpaired) electrons. The zero-order valence-electron chi connectivity index (χ0n) is 46.2. The first kappa shape index (κ1) is 54.1. The van der Waals surface area contributed by atoms with E-state index in [-0.39, 0.29) is 36.8 Å². The van der Waals surface area contributed by atoms with Gasteiger partial charge in [0.05, 0.1) is 97.6 Å². The van der Waals surface area contributed by atoms with Gasteiger partial charge in [0.15, 0.2) is 5.65 Å². The zero-order chi connectivity index (χ0) is 55.0. The first-order valence-electron chi connectivity index (χ1n) is 27.7. The van der Waals surface area contributed by atoms with E-state index in [4.69, 9.17) is 43.1 Å². The number of hydrogen-bond acceptors (Lipinski definition) is 17. The van der Waals surface area contributed by atoms with Gasteiger partial charge >= 0.3 is 0 Å². The van der Waals surface area contributed by atoms with Crippen molar-refractivity contribution in [3.63, 3.8) is 0 Å². The molecule has 7 aromatic rings. The molecule has 2 aromatic carbocycles. The molecule has 3 atom stereocenters. The van der Waals surface area contributed by atoms with Crippen molar-refractivity contribution in [2.45, 2.75) is 102 Å². The predicted molar refractivity (Wildman–Crippen MR) is 300 cm³/mol. The molecule has 6 aliphatic heterocycles. The Morgan fingerprint density at radius 2 is 1.37 bits per heavy atom. The van der Waals surface area contributed by atoms with Crippen LogP contribution in [0.3, 0.4) is 0 Å². The second-order valence-electron chi connectivity index (χ2n) is 21.5. The number of carbonyl (C=O) groups is 1. The lowest BCUT2D eigenvalue weighted by Gasteiger charge is -2.37. The van der Waals surface area contributed by atoms with Crippen LogP contribution in [0, 0.1) is 5.92 Å². The van der Waals surface area contributed by atoms with Crippen molar-refractivity contribution in [3.05, 3.63) is 116 Å². The molecule has 0 spiro atoms. The molecule has 1 saturated carbocycles. The molecule has 5 aromatic heterocycles.